The summed E-state index contributed by atoms with van der Waals surface area (Å²) in [4.78, 5) is 8.18. The Morgan fingerprint density at radius 2 is 1.72 bits per heavy atom. The molecular formula is C10H5BrClN5O. The van der Waals surface area contributed by atoms with Crippen molar-refractivity contribution in [3.63, 3.8) is 0 Å². The Bertz CT molecular complexity index is 699. The summed E-state index contributed by atoms with van der Waals surface area (Å²) < 4.78 is 5.51. The third kappa shape index (κ3) is 2.14. The lowest BCUT2D eigenvalue weighted by atomic mass is 10.3. The summed E-state index contributed by atoms with van der Waals surface area (Å²) in [7, 11) is 0. The van der Waals surface area contributed by atoms with Crippen LogP contribution in [0.2, 0.25) is 5.15 Å². The highest BCUT2D eigenvalue weighted by molar-refractivity contribution is 9.10. The van der Waals surface area contributed by atoms with Crippen molar-refractivity contribution in [3.05, 3.63) is 33.9 Å². The topological polar surface area (TPSA) is 76.7 Å². The van der Waals surface area contributed by atoms with Crippen molar-refractivity contribution < 1.29 is 4.63 Å². The minimum atomic E-state index is 0.209. The molecule has 8 heteroatoms. The molecule has 0 spiro atoms. The van der Waals surface area contributed by atoms with E-state index in [9.17, 15) is 0 Å². The zero-order chi connectivity index (χ0) is 12.5. The zero-order valence-corrected chi connectivity index (χ0v) is 11.1. The number of halogens is 2. The number of hydrogen-bond acceptors (Lipinski definition) is 6. The van der Waals surface area contributed by atoms with Gasteiger partial charge in [-0.1, -0.05) is 27.5 Å². The molecule has 0 saturated heterocycles. The van der Waals surface area contributed by atoms with Crippen molar-refractivity contribution in [2.45, 2.75) is 0 Å². The molecule has 0 saturated carbocycles. The van der Waals surface area contributed by atoms with E-state index in [-0.39, 0.29) is 10.8 Å². The van der Waals surface area contributed by atoms with Crippen LogP contribution in [0.25, 0.3) is 11.3 Å². The molecule has 0 aliphatic rings. The fraction of sp³-hybridized carbons (Fsp3) is 0. The molecule has 0 bridgehead atoms. The molecule has 2 aromatic heterocycles. The van der Waals surface area contributed by atoms with E-state index >= 15 is 0 Å². The SMILES string of the molecule is Clc1nc2nonc2nc1Nc1ccc(Br)cc1. The van der Waals surface area contributed by atoms with Gasteiger partial charge >= 0.3 is 0 Å². The quantitative estimate of drug-likeness (QED) is 0.779. The molecule has 3 aromatic rings. The maximum Gasteiger partial charge on any atom is 0.245 e. The zero-order valence-electron chi connectivity index (χ0n) is 8.76. The van der Waals surface area contributed by atoms with Gasteiger partial charge in [0.2, 0.25) is 11.3 Å². The molecule has 0 unspecified atom stereocenters. The molecule has 90 valence electrons. The fourth-order valence-electron chi connectivity index (χ4n) is 1.37. The van der Waals surface area contributed by atoms with E-state index in [1.807, 2.05) is 24.3 Å². The second kappa shape index (κ2) is 4.51. The second-order valence-corrected chi connectivity index (χ2v) is 4.68. The van der Waals surface area contributed by atoms with Crippen LogP contribution in [0, 0.1) is 0 Å². The van der Waals surface area contributed by atoms with Crippen LogP contribution in [-0.2, 0) is 0 Å². The summed E-state index contributed by atoms with van der Waals surface area (Å²) in [6.07, 6.45) is 0. The lowest BCUT2D eigenvalue weighted by Crippen LogP contribution is -1.97. The lowest BCUT2D eigenvalue weighted by Gasteiger charge is -2.05. The molecule has 18 heavy (non-hydrogen) atoms. The van der Waals surface area contributed by atoms with Gasteiger partial charge in [0.15, 0.2) is 11.0 Å². The van der Waals surface area contributed by atoms with Gasteiger partial charge in [0.1, 0.15) is 0 Å². The summed E-state index contributed by atoms with van der Waals surface area (Å²) in [6.45, 7) is 0. The third-order valence-electron chi connectivity index (χ3n) is 2.18. The van der Waals surface area contributed by atoms with E-state index in [1.54, 1.807) is 0 Å². The fourth-order valence-corrected chi connectivity index (χ4v) is 1.80. The second-order valence-electron chi connectivity index (χ2n) is 3.41. The monoisotopic (exact) mass is 325 g/mol. The molecule has 6 nitrogen and oxygen atoms in total. The van der Waals surface area contributed by atoms with E-state index in [0.29, 0.717) is 11.5 Å². The summed E-state index contributed by atoms with van der Waals surface area (Å²) in [5.41, 5.74) is 1.42. The van der Waals surface area contributed by atoms with Crippen molar-refractivity contribution in [3.8, 4) is 0 Å². The normalized spacial score (nSPS) is 10.8. The maximum atomic E-state index is 5.99. The first kappa shape index (κ1) is 11.4. The molecule has 0 fully saturated rings. The van der Waals surface area contributed by atoms with Crippen molar-refractivity contribution in [2.75, 3.05) is 5.32 Å². The molecule has 0 amide bonds. The number of hydrogen-bond donors (Lipinski definition) is 1. The highest BCUT2D eigenvalue weighted by Crippen LogP contribution is 2.24. The van der Waals surface area contributed by atoms with Crippen molar-refractivity contribution >= 4 is 50.3 Å². The van der Waals surface area contributed by atoms with Crippen LogP contribution < -0.4 is 5.32 Å². The largest absolute Gasteiger partial charge is 0.338 e. The van der Waals surface area contributed by atoms with Crippen LogP contribution in [0.1, 0.15) is 0 Å². The highest BCUT2D eigenvalue weighted by Gasteiger charge is 2.10. The smallest absolute Gasteiger partial charge is 0.245 e. The summed E-state index contributed by atoms with van der Waals surface area (Å²) in [5, 5.41) is 10.4. The summed E-state index contributed by atoms with van der Waals surface area (Å²) >= 11 is 9.35. The predicted octanol–water partition coefficient (Wildman–Crippen LogP) is 3.17. The molecule has 1 N–H and O–H groups in total. The van der Waals surface area contributed by atoms with Crippen molar-refractivity contribution in [1.29, 1.82) is 0 Å². The third-order valence-corrected chi connectivity index (χ3v) is 2.97. The Balaban J connectivity index is 1.98. The molecule has 0 aliphatic carbocycles. The molecule has 2 heterocycles. The van der Waals surface area contributed by atoms with Crippen LogP contribution in [0.3, 0.4) is 0 Å². The first-order valence-corrected chi connectivity index (χ1v) is 6.08. The Kier molecular flexibility index (Phi) is 2.85. The number of fused-ring (bicyclic) bond motifs is 1. The van der Waals surface area contributed by atoms with E-state index in [2.05, 4.69) is 46.2 Å². The van der Waals surface area contributed by atoms with Gasteiger partial charge in [-0.05, 0) is 34.6 Å². The number of benzene rings is 1. The first-order valence-electron chi connectivity index (χ1n) is 4.91. The van der Waals surface area contributed by atoms with E-state index in [1.165, 1.54) is 0 Å². The van der Waals surface area contributed by atoms with Crippen LogP contribution >= 0.6 is 27.5 Å². The van der Waals surface area contributed by atoms with Crippen LogP contribution in [0.15, 0.2) is 33.4 Å². The molecule has 0 aliphatic heterocycles. The van der Waals surface area contributed by atoms with Gasteiger partial charge in [-0.15, -0.1) is 0 Å². The highest BCUT2D eigenvalue weighted by atomic mass is 79.9. The molecule has 0 atom stereocenters. The molecule has 1 aromatic carbocycles. The number of anilines is 2. The van der Waals surface area contributed by atoms with Gasteiger partial charge in [-0.25, -0.2) is 14.6 Å². The maximum absolute atomic E-state index is 5.99. The van der Waals surface area contributed by atoms with Crippen molar-refractivity contribution in [2.24, 2.45) is 0 Å². The molecule has 0 radical (unpaired) electrons. The lowest BCUT2D eigenvalue weighted by molar-refractivity contribution is 0.314. The van der Waals surface area contributed by atoms with Gasteiger partial charge in [0, 0.05) is 10.2 Å². The predicted molar refractivity (Wildman–Crippen MR) is 69.8 cm³/mol. The van der Waals surface area contributed by atoms with Gasteiger partial charge < -0.3 is 5.32 Å². The van der Waals surface area contributed by atoms with Gasteiger partial charge in [-0.3, -0.25) is 0 Å². The summed E-state index contributed by atoms with van der Waals surface area (Å²) in [5.74, 6) is 0.405. The average Bonchev–Trinajstić information content (AvgIpc) is 2.79. The average molecular weight is 327 g/mol. The van der Waals surface area contributed by atoms with E-state index in [4.69, 9.17) is 11.6 Å². The molecular weight excluding hydrogens is 322 g/mol. The number of nitrogens with one attached hydrogen (secondary N) is 1. The van der Waals surface area contributed by atoms with Gasteiger partial charge in [-0.2, -0.15) is 0 Å². The van der Waals surface area contributed by atoms with E-state index in [0.717, 1.165) is 10.2 Å². The van der Waals surface area contributed by atoms with Gasteiger partial charge in [0.25, 0.3) is 0 Å². The van der Waals surface area contributed by atoms with E-state index < -0.39 is 0 Å². The number of aromatic nitrogens is 4. The van der Waals surface area contributed by atoms with Crippen LogP contribution in [-0.4, -0.2) is 20.3 Å². The first-order chi connectivity index (χ1) is 8.72. The van der Waals surface area contributed by atoms with Crippen LogP contribution in [0.4, 0.5) is 11.5 Å². The minimum absolute atomic E-state index is 0.209. The Morgan fingerprint density at radius 1 is 1.06 bits per heavy atom. The van der Waals surface area contributed by atoms with Gasteiger partial charge in [0.05, 0.1) is 0 Å². The van der Waals surface area contributed by atoms with Crippen molar-refractivity contribution in [1.82, 2.24) is 20.3 Å². The molecule has 3 rings (SSSR count). The number of rotatable bonds is 2. The number of nitrogens with zero attached hydrogens (tertiary/aromatic N) is 4. The summed E-state index contributed by atoms with van der Waals surface area (Å²) in [6, 6.07) is 7.57. The Hall–Kier alpha value is -1.73. The minimum Gasteiger partial charge on any atom is -0.338 e. The Morgan fingerprint density at radius 3 is 2.44 bits per heavy atom. The Labute approximate surface area is 114 Å². The standard InChI is InChI=1S/C10H5BrClN5O/c11-5-1-3-6(4-2-5)13-8-7(12)14-9-10(15-8)17-18-16-9/h1-4H,(H,13,15,17). The van der Waals surface area contributed by atoms with Crippen LogP contribution in [0.5, 0.6) is 0 Å².